The third-order valence-electron chi connectivity index (χ3n) is 3.36. The van der Waals surface area contributed by atoms with Gasteiger partial charge in [-0.25, -0.2) is 4.39 Å². The van der Waals surface area contributed by atoms with E-state index in [1.165, 1.54) is 13.2 Å². The van der Waals surface area contributed by atoms with E-state index in [9.17, 15) is 4.39 Å². The van der Waals surface area contributed by atoms with Crippen molar-refractivity contribution < 1.29 is 9.13 Å². The summed E-state index contributed by atoms with van der Waals surface area (Å²) in [7, 11) is 1.50. The van der Waals surface area contributed by atoms with Gasteiger partial charge in [-0.05, 0) is 24.6 Å². The summed E-state index contributed by atoms with van der Waals surface area (Å²) in [6.45, 7) is 6.24. The molecule has 6 heteroatoms. The van der Waals surface area contributed by atoms with E-state index in [1.54, 1.807) is 6.07 Å². The van der Waals surface area contributed by atoms with Crippen molar-refractivity contribution in [3.63, 3.8) is 0 Å². The Labute approximate surface area is 126 Å². The number of piperazine rings is 1. The van der Waals surface area contributed by atoms with Crippen molar-refractivity contribution in [2.24, 2.45) is 0 Å². The fourth-order valence-electron chi connectivity index (χ4n) is 2.22. The normalized spacial score (nSPS) is 17.0. The van der Waals surface area contributed by atoms with Crippen LogP contribution in [0, 0.1) is 5.82 Å². The van der Waals surface area contributed by atoms with Crippen molar-refractivity contribution in [3.8, 4) is 5.75 Å². The molecule has 0 radical (unpaired) electrons. The van der Waals surface area contributed by atoms with Gasteiger partial charge in [0, 0.05) is 32.2 Å². The van der Waals surface area contributed by atoms with Gasteiger partial charge < -0.3 is 10.1 Å². The molecule has 1 fully saturated rings. The number of benzene rings is 1. The molecule has 0 unspecified atom stereocenters. The average molecular weight is 311 g/mol. The van der Waals surface area contributed by atoms with E-state index in [0.717, 1.165) is 31.7 Å². The summed E-state index contributed by atoms with van der Waals surface area (Å²) < 4.78 is 18.3. The van der Waals surface area contributed by atoms with E-state index in [2.05, 4.69) is 17.1 Å². The van der Waals surface area contributed by atoms with Gasteiger partial charge in [0.05, 0.1) is 7.11 Å². The van der Waals surface area contributed by atoms with Crippen LogP contribution in [0.4, 0.5) is 4.39 Å². The van der Waals surface area contributed by atoms with Gasteiger partial charge in [0.15, 0.2) is 11.6 Å². The van der Waals surface area contributed by atoms with Gasteiger partial charge in [0.2, 0.25) is 0 Å². The Kier molecular flexibility index (Phi) is 8.34. The minimum absolute atomic E-state index is 0. The molecule has 1 aromatic rings. The molecule has 2 rings (SSSR count). The number of nitrogens with one attached hydrogen (secondary N) is 1. The monoisotopic (exact) mass is 310 g/mol. The minimum atomic E-state index is -0.302. The first-order valence-electron chi connectivity index (χ1n) is 6.00. The van der Waals surface area contributed by atoms with E-state index in [1.807, 2.05) is 6.07 Å². The van der Waals surface area contributed by atoms with Crippen LogP contribution in [0.1, 0.15) is 18.5 Å². The first kappa shape index (κ1) is 18.4. The highest BCUT2D eigenvalue weighted by atomic mass is 35.5. The summed E-state index contributed by atoms with van der Waals surface area (Å²) in [6.07, 6.45) is 0. The van der Waals surface area contributed by atoms with E-state index in [-0.39, 0.29) is 30.6 Å². The van der Waals surface area contributed by atoms with Gasteiger partial charge in [-0.3, -0.25) is 4.90 Å². The van der Waals surface area contributed by atoms with Crippen LogP contribution in [0.25, 0.3) is 0 Å². The van der Waals surface area contributed by atoms with E-state index in [4.69, 9.17) is 4.74 Å². The van der Waals surface area contributed by atoms with Crippen LogP contribution in [0.15, 0.2) is 18.2 Å². The van der Waals surface area contributed by atoms with Crippen molar-refractivity contribution in [2.45, 2.75) is 13.0 Å². The lowest BCUT2D eigenvalue weighted by Crippen LogP contribution is -2.44. The molecule has 19 heavy (non-hydrogen) atoms. The molecule has 0 bridgehead atoms. The van der Waals surface area contributed by atoms with E-state index >= 15 is 0 Å². The molecule has 1 aliphatic rings. The summed E-state index contributed by atoms with van der Waals surface area (Å²) in [5, 5.41) is 3.33. The van der Waals surface area contributed by atoms with E-state index in [0.29, 0.717) is 11.8 Å². The first-order chi connectivity index (χ1) is 8.22. The van der Waals surface area contributed by atoms with Crippen LogP contribution >= 0.6 is 24.8 Å². The zero-order chi connectivity index (χ0) is 12.3. The first-order valence-corrected chi connectivity index (χ1v) is 6.00. The molecule has 1 N–H and O–H groups in total. The highest BCUT2D eigenvalue weighted by Crippen LogP contribution is 2.26. The molecule has 1 aliphatic heterocycles. The second-order valence-corrected chi connectivity index (χ2v) is 4.36. The van der Waals surface area contributed by atoms with Gasteiger partial charge in [-0.2, -0.15) is 0 Å². The number of rotatable bonds is 3. The maximum absolute atomic E-state index is 13.3. The van der Waals surface area contributed by atoms with Crippen molar-refractivity contribution >= 4 is 24.8 Å². The summed E-state index contributed by atoms with van der Waals surface area (Å²) in [5.74, 6) is 0.0215. The molecule has 110 valence electrons. The topological polar surface area (TPSA) is 24.5 Å². The molecule has 0 aliphatic carbocycles. The van der Waals surface area contributed by atoms with Gasteiger partial charge in [0.1, 0.15) is 0 Å². The largest absolute Gasteiger partial charge is 0.494 e. The van der Waals surface area contributed by atoms with E-state index < -0.39 is 0 Å². The van der Waals surface area contributed by atoms with Crippen LogP contribution < -0.4 is 10.1 Å². The Hall–Kier alpha value is -0.550. The quantitative estimate of drug-likeness (QED) is 0.929. The van der Waals surface area contributed by atoms with Gasteiger partial charge in [-0.15, -0.1) is 24.8 Å². The zero-order valence-corrected chi connectivity index (χ0v) is 12.8. The maximum Gasteiger partial charge on any atom is 0.165 e. The zero-order valence-electron chi connectivity index (χ0n) is 11.2. The van der Waals surface area contributed by atoms with Crippen LogP contribution in [-0.2, 0) is 0 Å². The summed E-state index contributed by atoms with van der Waals surface area (Å²) in [6, 6.07) is 5.41. The fraction of sp³-hybridized carbons (Fsp3) is 0.538. The Balaban J connectivity index is 0.00000162. The number of halogens is 3. The molecule has 1 heterocycles. The molecular weight excluding hydrogens is 290 g/mol. The minimum Gasteiger partial charge on any atom is -0.494 e. The summed E-state index contributed by atoms with van der Waals surface area (Å²) >= 11 is 0. The summed E-state index contributed by atoms with van der Waals surface area (Å²) in [5.41, 5.74) is 1.10. The van der Waals surface area contributed by atoms with Gasteiger partial charge in [0.25, 0.3) is 0 Å². The van der Waals surface area contributed by atoms with Crippen LogP contribution in [-0.4, -0.2) is 38.2 Å². The van der Waals surface area contributed by atoms with Crippen LogP contribution in [0.3, 0.4) is 0 Å². The number of hydrogen-bond donors (Lipinski definition) is 1. The second kappa shape index (κ2) is 8.59. The third kappa shape index (κ3) is 4.49. The molecule has 1 saturated heterocycles. The van der Waals surface area contributed by atoms with Crippen molar-refractivity contribution in [1.82, 2.24) is 10.2 Å². The Morgan fingerprint density at radius 2 is 1.89 bits per heavy atom. The van der Waals surface area contributed by atoms with Crippen LogP contribution in [0.5, 0.6) is 5.75 Å². The summed E-state index contributed by atoms with van der Waals surface area (Å²) in [4.78, 5) is 2.39. The standard InChI is InChI=1S/C13H19FN2O.2ClH/c1-10(16-7-5-15-6-8-16)11-3-4-12(14)13(9-11)17-2;;/h3-4,9-10,15H,5-8H2,1-2H3;2*1H/t10-;;/m0../s1. The van der Waals surface area contributed by atoms with Crippen molar-refractivity contribution in [2.75, 3.05) is 33.3 Å². The Morgan fingerprint density at radius 3 is 2.47 bits per heavy atom. The van der Waals surface area contributed by atoms with Crippen molar-refractivity contribution in [3.05, 3.63) is 29.6 Å². The number of ether oxygens (including phenoxy) is 1. The highest BCUT2D eigenvalue weighted by Gasteiger charge is 2.18. The van der Waals surface area contributed by atoms with Gasteiger partial charge in [-0.1, -0.05) is 6.07 Å². The number of nitrogens with zero attached hydrogens (tertiary/aromatic N) is 1. The van der Waals surface area contributed by atoms with Crippen LogP contribution in [0.2, 0.25) is 0 Å². The lowest BCUT2D eigenvalue weighted by Gasteiger charge is -2.33. The Morgan fingerprint density at radius 1 is 1.26 bits per heavy atom. The highest BCUT2D eigenvalue weighted by molar-refractivity contribution is 5.85. The predicted octanol–water partition coefficient (Wildman–Crippen LogP) is 2.64. The molecule has 1 aromatic carbocycles. The molecule has 1 atom stereocenters. The number of hydrogen-bond acceptors (Lipinski definition) is 3. The lowest BCUT2D eigenvalue weighted by molar-refractivity contribution is 0.185. The Bertz CT molecular complexity index is 387. The lowest BCUT2D eigenvalue weighted by atomic mass is 10.1. The smallest absolute Gasteiger partial charge is 0.165 e. The molecule has 0 amide bonds. The average Bonchev–Trinajstić information content (AvgIpc) is 2.39. The van der Waals surface area contributed by atoms with Crippen molar-refractivity contribution in [1.29, 1.82) is 0 Å². The maximum atomic E-state index is 13.3. The molecule has 0 saturated carbocycles. The fourth-order valence-corrected chi connectivity index (χ4v) is 2.22. The molecule has 3 nitrogen and oxygen atoms in total. The molecule has 0 aromatic heterocycles. The molecular formula is C13H21Cl2FN2O. The van der Waals surface area contributed by atoms with Gasteiger partial charge >= 0.3 is 0 Å². The predicted molar refractivity (Wildman–Crippen MR) is 80.3 cm³/mol. The molecule has 0 spiro atoms. The second-order valence-electron chi connectivity index (χ2n) is 4.36. The SMILES string of the molecule is COc1cc([C@H](C)N2CCNCC2)ccc1F.Cl.Cl. The third-order valence-corrected chi connectivity index (χ3v) is 3.36. The number of methoxy groups -OCH3 is 1.